The Balaban J connectivity index is 2.28. The van der Waals surface area contributed by atoms with E-state index in [9.17, 15) is 0 Å². The summed E-state index contributed by atoms with van der Waals surface area (Å²) in [5.41, 5.74) is 9.08. The van der Waals surface area contributed by atoms with Crippen LogP contribution in [0.1, 0.15) is 49.4 Å². The second-order valence-electron chi connectivity index (χ2n) is 5.75. The zero-order valence-corrected chi connectivity index (χ0v) is 13.7. The third kappa shape index (κ3) is 3.78. The van der Waals surface area contributed by atoms with Gasteiger partial charge in [-0.25, -0.2) is 0 Å². The van der Waals surface area contributed by atoms with Gasteiger partial charge in [0, 0.05) is 11.1 Å². The molecule has 0 aromatic heterocycles. The number of nitrogens with two attached hydrogens (primary N) is 1. The van der Waals surface area contributed by atoms with Crippen LogP contribution in [0.3, 0.4) is 0 Å². The highest BCUT2D eigenvalue weighted by Gasteiger charge is 2.11. The molecule has 0 saturated carbocycles. The molecule has 0 aliphatic rings. The van der Waals surface area contributed by atoms with Crippen LogP contribution in [-0.2, 0) is 0 Å². The van der Waals surface area contributed by atoms with Crippen molar-refractivity contribution in [3.05, 3.63) is 58.1 Å². The predicted octanol–water partition coefficient (Wildman–Crippen LogP) is 5.58. The van der Waals surface area contributed by atoms with Gasteiger partial charge in [-0.05, 0) is 60.7 Å². The van der Waals surface area contributed by atoms with Gasteiger partial charge in [0.2, 0.25) is 0 Å². The Kier molecular flexibility index (Phi) is 4.92. The van der Waals surface area contributed by atoms with E-state index in [1.807, 2.05) is 50.2 Å². The van der Waals surface area contributed by atoms with Crippen molar-refractivity contribution in [1.82, 2.24) is 0 Å². The Bertz CT molecular complexity index is 618. The van der Waals surface area contributed by atoms with E-state index < -0.39 is 0 Å². The third-order valence-electron chi connectivity index (χ3n) is 3.55. The highest BCUT2D eigenvalue weighted by molar-refractivity contribution is 6.31. The maximum absolute atomic E-state index is 6.29. The molecule has 0 fully saturated rings. The molecule has 0 radical (unpaired) electrons. The van der Waals surface area contributed by atoms with Crippen molar-refractivity contribution in [2.75, 3.05) is 0 Å². The van der Waals surface area contributed by atoms with Gasteiger partial charge in [-0.1, -0.05) is 37.6 Å². The van der Waals surface area contributed by atoms with E-state index >= 15 is 0 Å². The summed E-state index contributed by atoms with van der Waals surface area (Å²) in [6.45, 7) is 8.21. The third-order valence-corrected chi connectivity index (χ3v) is 3.88. The van der Waals surface area contributed by atoms with Gasteiger partial charge in [-0.3, -0.25) is 0 Å². The predicted molar refractivity (Wildman–Crippen MR) is 89.4 cm³/mol. The van der Waals surface area contributed by atoms with Crippen LogP contribution in [-0.4, -0.2) is 0 Å². The van der Waals surface area contributed by atoms with E-state index in [2.05, 4.69) is 13.8 Å². The topological polar surface area (TPSA) is 35.2 Å². The summed E-state index contributed by atoms with van der Waals surface area (Å²) < 4.78 is 5.99. The van der Waals surface area contributed by atoms with Gasteiger partial charge in [0.05, 0.1) is 0 Å². The zero-order valence-electron chi connectivity index (χ0n) is 13.0. The van der Waals surface area contributed by atoms with E-state index in [0.29, 0.717) is 5.92 Å². The van der Waals surface area contributed by atoms with Crippen LogP contribution in [0.2, 0.25) is 5.02 Å². The Morgan fingerprint density at radius 1 is 1.05 bits per heavy atom. The highest BCUT2D eigenvalue weighted by Crippen LogP contribution is 2.34. The van der Waals surface area contributed by atoms with E-state index in [0.717, 1.165) is 33.2 Å². The summed E-state index contributed by atoms with van der Waals surface area (Å²) in [5, 5.41) is 0.794. The fourth-order valence-electron chi connectivity index (χ4n) is 2.19. The minimum absolute atomic E-state index is 0.0314. The van der Waals surface area contributed by atoms with Crippen LogP contribution in [0.4, 0.5) is 0 Å². The molecule has 2 aromatic rings. The van der Waals surface area contributed by atoms with Gasteiger partial charge in [0.25, 0.3) is 0 Å². The number of rotatable bonds is 4. The van der Waals surface area contributed by atoms with Gasteiger partial charge in [-0.2, -0.15) is 0 Å². The van der Waals surface area contributed by atoms with Crippen molar-refractivity contribution in [3.63, 3.8) is 0 Å². The lowest BCUT2D eigenvalue weighted by molar-refractivity contribution is 0.477. The molecule has 1 atom stereocenters. The normalized spacial score (nSPS) is 12.5. The number of benzene rings is 2. The molecule has 0 heterocycles. The van der Waals surface area contributed by atoms with E-state index in [4.69, 9.17) is 22.1 Å². The van der Waals surface area contributed by atoms with Crippen molar-refractivity contribution < 1.29 is 4.74 Å². The van der Waals surface area contributed by atoms with Crippen LogP contribution in [0, 0.1) is 6.92 Å². The zero-order chi connectivity index (χ0) is 15.6. The van der Waals surface area contributed by atoms with E-state index in [1.165, 1.54) is 0 Å². The molecule has 21 heavy (non-hydrogen) atoms. The summed E-state index contributed by atoms with van der Waals surface area (Å²) in [6.07, 6.45) is 0. The molecule has 2 rings (SSSR count). The molecule has 2 N–H and O–H groups in total. The van der Waals surface area contributed by atoms with Crippen molar-refractivity contribution in [3.8, 4) is 11.5 Å². The molecule has 0 aliphatic carbocycles. The Hall–Kier alpha value is -1.51. The molecule has 2 aromatic carbocycles. The summed E-state index contributed by atoms with van der Waals surface area (Å²) >= 11 is 6.29. The Morgan fingerprint density at radius 3 is 2.19 bits per heavy atom. The fourth-order valence-corrected chi connectivity index (χ4v) is 2.62. The fraction of sp³-hybridized carbons (Fsp3) is 0.333. The molecular weight excluding hydrogens is 282 g/mol. The van der Waals surface area contributed by atoms with E-state index in [-0.39, 0.29) is 6.04 Å². The second-order valence-corrected chi connectivity index (χ2v) is 6.16. The molecule has 3 heteroatoms. The van der Waals surface area contributed by atoms with Gasteiger partial charge in [0.15, 0.2) is 0 Å². The summed E-state index contributed by atoms with van der Waals surface area (Å²) in [4.78, 5) is 0. The first kappa shape index (κ1) is 15.9. The first-order chi connectivity index (χ1) is 9.88. The van der Waals surface area contributed by atoms with Crippen LogP contribution >= 0.6 is 11.6 Å². The minimum atomic E-state index is 0.0314. The van der Waals surface area contributed by atoms with Crippen molar-refractivity contribution >= 4 is 11.6 Å². The highest BCUT2D eigenvalue weighted by atomic mass is 35.5. The lowest BCUT2D eigenvalue weighted by Crippen LogP contribution is -2.04. The number of ether oxygens (including phenoxy) is 1. The Morgan fingerprint density at radius 2 is 1.67 bits per heavy atom. The van der Waals surface area contributed by atoms with Crippen molar-refractivity contribution in [2.45, 2.75) is 39.7 Å². The lowest BCUT2D eigenvalue weighted by atomic mass is 10.0. The average molecular weight is 304 g/mol. The monoisotopic (exact) mass is 303 g/mol. The summed E-state index contributed by atoms with van der Waals surface area (Å²) in [5.74, 6) is 2.01. The standard InChI is InChI=1S/C18H22ClNO/c1-11(2)16-10-18(12(3)9-17(16)19)21-15-7-5-14(6-8-15)13(4)20/h5-11,13H,20H2,1-4H3/t13-/m1/s1. The number of halogens is 1. The van der Waals surface area contributed by atoms with Gasteiger partial charge < -0.3 is 10.5 Å². The molecule has 0 spiro atoms. The SMILES string of the molecule is Cc1cc(Cl)c(C(C)C)cc1Oc1ccc([C@@H](C)N)cc1. The molecule has 112 valence electrons. The van der Waals surface area contributed by atoms with Crippen LogP contribution in [0.25, 0.3) is 0 Å². The average Bonchev–Trinajstić information content (AvgIpc) is 2.42. The molecule has 0 aliphatic heterocycles. The maximum Gasteiger partial charge on any atom is 0.130 e. The second kappa shape index (κ2) is 6.50. The molecular formula is C18H22ClNO. The largest absolute Gasteiger partial charge is 0.457 e. The quantitative estimate of drug-likeness (QED) is 0.799. The maximum atomic E-state index is 6.29. The van der Waals surface area contributed by atoms with Gasteiger partial charge in [0.1, 0.15) is 11.5 Å². The van der Waals surface area contributed by atoms with Crippen LogP contribution in [0.15, 0.2) is 36.4 Å². The van der Waals surface area contributed by atoms with Crippen molar-refractivity contribution in [2.24, 2.45) is 5.73 Å². The molecule has 0 saturated heterocycles. The molecule has 2 nitrogen and oxygen atoms in total. The van der Waals surface area contributed by atoms with Crippen molar-refractivity contribution in [1.29, 1.82) is 0 Å². The van der Waals surface area contributed by atoms with Crippen LogP contribution in [0.5, 0.6) is 11.5 Å². The summed E-state index contributed by atoms with van der Waals surface area (Å²) in [6, 6.07) is 11.9. The van der Waals surface area contributed by atoms with Gasteiger partial charge in [-0.15, -0.1) is 0 Å². The number of aryl methyl sites for hydroxylation is 1. The first-order valence-corrected chi connectivity index (χ1v) is 7.59. The lowest BCUT2D eigenvalue weighted by Gasteiger charge is -2.15. The molecule has 0 bridgehead atoms. The Labute approximate surface area is 131 Å². The number of hydrogen-bond acceptors (Lipinski definition) is 2. The van der Waals surface area contributed by atoms with Crippen LogP contribution < -0.4 is 10.5 Å². The van der Waals surface area contributed by atoms with E-state index in [1.54, 1.807) is 0 Å². The summed E-state index contributed by atoms with van der Waals surface area (Å²) in [7, 11) is 0. The van der Waals surface area contributed by atoms with Gasteiger partial charge >= 0.3 is 0 Å². The molecule has 0 amide bonds. The number of hydrogen-bond donors (Lipinski definition) is 1. The molecule has 0 unspecified atom stereocenters. The minimum Gasteiger partial charge on any atom is -0.457 e. The first-order valence-electron chi connectivity index (χ1n) is 7.22. The smallest absolute Gasteiger partial charge is 0.130 e.